The molecule has 0 atom stereocenters. The molecule has 0 heterocycles. The highest BCUT2D eigenvalue weighted by molar-refractivity contribution is 7.91. The molecule has 0 radical (unpaired) electrons. The maximum atomic E-state index is 12.0. The molecule has 2 aromatic rings. The van der Waals surface area contributed by atoms with Crippen molar-refractivity contribution in [2.24, 2.45) is 16.5 Å². The Balaban J connectivity index is 0.000000414. The van der Waals surface area contributed by atoms with Gasteiger partial charge in [0.05, 0.1) is 15.4 Å². The van der Waals surface area contributed by atoms with Crippen LogP contribution in [-0.4, -0.2) is 52.3 Å². The number of carboxylic acid groups (broad SMARTS) is 1. The lowest BCUT2D eigenvalue weighted by Crippen LogP contribution is -2.24. The summed E-state index contributed by atoms with van der Waals surface area (Å²) in [5, 5.41) is 9.05. The van der Waals surface area contributed by atoms with Gasteiger partial charge in [0.2, 0.25) is 0 Å². The molecule has 2 aromatic carbocycles. The molecule has 224 valence electrons. The standard InChI is InChI=1S/C15H21N3O3S.C14H18O4S/c1-4-5-6-7-11-8-10(2)12(14(19)18-15(16)17)9-13(11)22(3,20)21;1-4-5-6-7-11-8-10(2)12(14(15)16)9-13(11)19(3,17)18/h5-6,8-9H,4,7H2,1-3H3,(H4,16,17,18,19);5-6,8-9H,4,7H2,1-3H3,(H,15,16). The Morgan fingerprint density at radius 2 is 1.15 bits per heavy atom. The van der Waals surface area contributed by atoms with Gasteiger partial charge in [0.15, 0.2) is 25.6 Å². The van der Waals surface area contributed by atoms with Crippen LogP contribution < -0.4 is 11.5 Å². The summed E-state index contributed by atoms with van der Waals surface area (Å²) in [4.78, 5) is 26.7. The molecule has 41 heavy (non-hydrogen) atoms. The first-order chi connectivity index (χ1) is 18.9. The molecule has 0 aromatic heterocycles. The van der Waals surface area contributed by atoms with Crippen LogP contribution in [0.4, 0.5) is 0 Å². The summed E-state index contributed by atoms with van der Waals surface area (Å²) in [5.74, 6) is -2.13. The number of aryl methyl sites for hydroxylation is 2. The number of hydrogen-bond donors (Lipinski definition) is 3. The minimum atomic E-state index is -3.47. The predicted molar refractivity (Wildman–Crippen MR) is 162 cm³/mol. The van der Waals surface area contributed by atoms with Crippen molar-refractivity contribution in [3.8, 4) is 0 Å². The van der Waals surface area contributed by atoms with Crippen LogP contribution in [0.3, 0.4) is 0 Å². The molecular weight excluding hydrogens is 566 g/mol. The number of aromatic carboxylic acids is 1. The zero-order valence-corrected chi connectivity index (χ0v) is 25.9. The quantitative estimate of drug-likeness (QED) is 0.205. The van der Waals surface area contributed by atoms with Gasteiger partial charge in [-0.15, -0.1) is 0 Å². The van der Waals surface area contributed by atoms with E-state index in [-0.39, 0.29) is 26.9 Å². The summed E-state index contributed by atoms with van der Waals surface area (Å²) in [6.45, 7) is 7.38. The molecule has 10 nitrogen and oxygen atoms in total. The Labute approximate surface area is 242 Å². The van der Waals surface area contributed by atoms with Crippen LogP contribution in [-0.2, 0) is 32.5 Å². The summed E-state index contributed by atoms with van der Waals surface area (Å²) in [7, 11) is -6.91. The number of hydrogen-bond acceptors (Lipinski definition) is 6. The van der Waals surface area contributed by atoms with E-state index >= 15 is 0 Å². The fourth-order valence-electron chi connectivity index (χ4n) is 3.90. The van der Waals surface area contributed by atoms with Gasteiger partial charge in [0.25, 0.3) is 5.91 Å². The Morgan fingerprint density at radius 3 is 1.49 bits per heavy atom. The maximum Gasteiger partial charge on any atom is 0.335 e. The van der Waals surface area contributed by atoms with Crippen LogP contribution in [0.25, 0.3) is 0 Å². The van der Waals surface area contributed by atoms with E-state index in [4.69, 9.17) is 16.6 Å². The number of carbonyl (C=O) groups is 2. The minimum absolute atomic E-state index is 0.0312. The van der Waals surface area contributed by atoms with E-state index in [1.165, 1.54) is 12.1 Å². The largest absolute Gasteiger partial charge is 0.478 e. The number of amides is 1. The highest BCUT2D eigenvalue weighted by Gasteiger charge is 2.19. The van der Waals surface area contributed by atoms with Crippen molar-refractivity contribution in [1.82, 2.24) is 0 Å². The second-order valence-corrected chi connectivity index (χ2v) is 13.4. The van der Waals surface area contributed by atoms with Gasteiger partial charge in [-0.2, -0.15) is 4.99 Å². The fourth-order valence-corrected chi connectivity index (χ4v) is 5.80. The molecule has 0 bridgehead atoms. The number of carboxylic acids is 1. The number of sulfone groups is 2. The topological polar surface area (TPSA) is 187 Å². The van der Waals surface area contributed by atoms with Crippen LogP contribution in [0.1, 0.15) is 69.7 Å². The van der Waals surface area contributed by atoms with E-state index in [0.29, 0.717) is 35.1 Å². The van der Waals surface area contributed by atoms with Crippen molar-refractivity contribution in [2.75, 3.05) is 12.5 Å². The summed E-state index contributed by atoms with van der Waals surface area (Å²) < 4.78 is 47.5. The van der Waals surface area contributed by atoms with Crippen molar-refractivity contribution in [2.45, 2.75) is 63.2 Å². The second-order valence-electron chi connectivity index (χ2n) is 9.41. The Hall–Kier alpha value is -3.77. The first-order valence-electron chi connectivity index (χ1n) is 12.8. The van der Waals surface area contributed by atoms with Crippen LogP contribution in [0.15, 0.2) is 63.4 Å². The van der Waals surface area contributed by atoms with Gasteiger partial charge in [-0.3, -0.25) is 4.79 Å². The van der Waals surface area contributed by atoms with Crippen molar-refractivity contribution in [1.29, 1.82) is 0 Å². The van der Waals surface area contributed by atoms with Gasteiger partial charge in [0, 0.05) is 18.1 Å². The second kappa shape index (κ2) is 15.3. The van der Waals surface area contributed by atoms with E-state index in [1.54, 1.807) is 26.0 Å². The number of nitrogens with zero attached hydrogens (tertiary/aromatic N) is 1. The van der Waals surface area contributed by atoms with E-state index < -0.39 is 31.6 Å². The number of rotatable bonds is 10. The lowest BCUT2D eigenvalue weighted by Gasteiger charge is -2.11. The van der Waals surface area contributed by atoms with Gasteiger partial charge in [0.1, 0.15) is 0 Å². The SMILES string of the molecule is CCC=CCc1cc(C)c(C(=O)N=C(N)N)cc1S(C)(=O)=O.CCC=CCc1cc(C)c(C(=O)O)cc1S(C)(=O)=O. The van der Waals surface area contributed by atoms with Crippen LogP contribution in [0.2, 0.25) is 0 Å². The van der Waals surface area contributed by atoms with E-state index in [0.717, 1.165) is 25.4 Å². The van der Waals surface area contributed by atoms with Crippen LogP contribution >= 0.6 is 0 Å². The molecule has 2 rings (SSSR count). The Bertz CT molecular complexity index is 1580. The Morgan fingerprint density at radius 1 is 0.756 bits per heavy atom. The molecule has 0 fully saturated rings. The molecule has 1 amide bonds. The summed E-state index contributed by atoms with van der Waals surface area (Å²) >= 11 is 0. The first-order valence-corrected chi connectivity index (χ1v) is 16.6. The number of nitrogens with two attached hydrogens (primary N) is 2. The molecule has 0 aliphatic rings. The molecule has 0 spiro atoms. The van der Waals surface area contributed by atoms with E-state index in [2.05, 4.69) is 4.99 Å². The highest BCUT2D eigenvalue weighted by atomic mass is 32.2. The number of allylic oxidation sites excluding steroid dienone is 4. The summed E-state index contributed by atoms with van der Waals surface area (Å²) in [5.41, 5.74) is 13.1. The molecule has 0 aliphatic carbocycles. The van der Waals surface area contributed by atoms with Crippen LogP contribution in [0, 0.1) is 13.8 Å². The zero-order chi connectivity index (χ0) is 31.5. The highest BCUT2D eigenvalue weighted by Crippen LogP contribution is 2.24. The number of guanidine groups is 1. The normalized spacial score (nSPS) is 11.8. The number of carbonyl (C=O) groups excluding carboxylic acids is 1. The van der Waals surface area contributed by atoms with Crippen molar-refractivity contribution >= 4 is 37.5 Å². The third kappa shape index (κ3) is 11.0. The van der Waals surface area contributed by atoms with Gasteiger partial charge in [-0.1, -0.05) is 50.3 Å². The lowest BCUT2D eigenvalue weighted by molar-refractivity contribution is 0.0695. The molecule has 0 saturated carbocycles. The van der Waals surface area contributed by atoms with Gasteiger partial charge < -0.3 is 16.6 Å². The third-order valence-electron chi connectivity index (χ3n) is 5.79. The Kier molecular flexibility index (Phi) is 13.1. The van der Waals surface area contributed by atoms with Crippen LogP contribution in [0.5, 0.6) is 0 Å². The van der Waals surface area contributed by atoms with Gasteiger partial charge >= 0.3 is 5.97 Å². The fraction of sp³-hybridized carbons (Fsp3) is 0.345. The maximum absolute atomic E-state index is 12.0. The lowest BCUT2D eigenvalue weighted by atomic mass is 10.0. The minimum Gasteiger partial charge on any atom is -0.478 e. The molecule has 5 N–H and O–H groups in total. The van der Waals surface area contributed by atoms with Gasteiger partial charge in [-0.25, -0.2) is 21.6 Å². The van der Waals surface area contributed by atoms with Crippen molar-refractivity contribution in [3.05, 3.63) is 82.0 Å². The molecule has 12 heteroatoms. The zero-order valence-electron chi connectivity index (χ0n) is 24.3. The average Bonchev–Trinajstić information content (AvgIpc) is 2.82. The monoisotopic (exact) mass is 605 g/mol. The van der Waals surface area contributed by atoms with E-state index in [9.17, 15) is 26.4 Å². The first kappa shape index (κ1) is 35.3. The molecular formula is C29H39N3O7S2. The third-order valence-corrected chi connectivity index (χ3v) is 8.14. The molecule has 0 saturated heterocycles. The number of aliphatic imine (C=N–C) groups is 1. The van der Waals surface area contributed by atoms with Crippen molar-refractivity contribution < 1.29 is 31.5 Å². The summed E-state index contributed by atoms with van der Waals surface area (Å²) in [6, 6.07) is 5.92. The smallest absolute Gasteiger partial charge is 0.335 e. The number of benzene rings is 2. The molecule has 0 aliphatic heterocycles. The van der Waals surface area contributed by atoms with Crippen molar-refractivity contribution in [3.63, 3.8) is 0 Å². The van der Waals surface area contributed by atoms with E-state index in [1.807, 2.05) is 38.2 Å². The average molecular weight is 606 g/mol. The van der Waals surface area contributed by atoms with Gasteiger partial charge in [-0.05, 0) is 73.9 Å². The predicted octanol–water partition coefficient (Wildman–Crippen LogP) is 3.93. The summed E-state index contributed by atoms with van der Waals surface area (Å²) in [6.07, 6.45) is 12.6. The molecule has 0 unspecified atom stereocenters.